The molecule has 176 valence electrons. The lowest BCUT2D eigenvalue weighted by Crippen LogP contribution is -2.41. The van der Waals surface area contributed by atoms with E-state index in [0.717, 1.165) is 24.3 Å². The van der Waals surface area contributed by atoms with Gasteiger partial charge in [-0.25, -0.2) is 4.99 Å². The Labute approximate surface area is 211 Å². The number of thiophene rings is 1. The molecule has 0 bridgehead atoms. The predicted octanol–water partition coefficient (Wildman–Crippen LogP) is 3.33. The van der Waals surface area contributed by atoms with Gasteiger partial charge in [0.05, 0.1) is 12.2 Å². The van der Waals surface area contributed by atoms with Crippen LogP contribution in [0.5, 0.6) is 5.75 Å². The van der Waals surface area contributed by atoms with Gasteiger partial charge in [-0.2, -0.15) is 0 Å². The van der Waals surface area contributed by atoms with Crippen molar-refractivity contribution in [3.05, 3.63) is 51.7 Å². The van der Waals surface area contributed by atoms with Crippen molar-refractivity contribution in [2.45, 2.75) is 45.9 Å². The summed E-state index contributed by atoms with van der Waals surface area (Å²) in [6, 6.07) is 9.54. The van der Waals surface area contributed by atoms with Crippen LogP contribution in [0.25, 0.3) is 0 Å². The van der Waals surface area contributed by atoms with Crippen LogP contribution in [0.4, 0.5) is 0 Å². The van der Waals surface area contributed by atoms with E-state index in [0.29, 0.717) is 19.0 Å². The molecule has 0 fully saturated rings. The number of carbonyl (C=O) groups is 1. The Bertz CT molecular complexity index is 903. The highest BCUT2D eigenvalue weighted by atomic mass is 127. The van der Waals surface area contributed by atoms with Gasteiger partial charge in [-0.3, -0.25) is 4.79 Å². The zero-order valence-electron chi connectivity index (χ0n) is 18.8. The van der Waals surface area contributed by atoms with Crippen LogP contribution >= 0.6 is 35.3 Å². The van der Waals surface area contributed by atoms with E-state index in [-0.39, 0.29) is 49.1 Å². The molecule has 0 aliphatic carbocycles. The number of aliphatic hydroxyl groups is 1. The number of halogens is 1. The fraction of sp³-hybridized carbons (Fsp3) is 0.478. The summed E-state index contributed by atoms with van der Waals surface area (Å²) in [5, 5.41) is 18.9. The number of aliphatic imine (C=N–C) groups is 1. The molecule has 3 N–H and O–H groups in total. The van der Waals surface area contributed by atoms with Crippen molar-refractivity contribution in [2.75, 3.05) is 26.2 Å². The molecule has 1 unspecified atom stereocenters. The summed E-state index contributed by atoms with van der Waals surface area (Å²) in [6.45, 7) is 8.29. The number of aliphatic hydroxyl groups excluding tert-OH is 1. The first kappa shape index (κ1) is 26.4. The van der Waals surface area contributed by atoms with Crippen LogP contribution in [0.15, 0.2) is 40.7 Å². The average molecular weight is 573 g/mol. The van der Waals surface area contributed by atoms with Crippen LogP contribution < -0.4 is 15.4 Å². The second-order valence-corrected chi connectivity index (χ2v) is 8.77. The zero-order valence-corrected chi connectivity index (χ0v) is 22.0. The van der Waals surface area contributed by atoms with Crippen LogP contribution in [0.1, 0.15) is 42.9 Å². The standard InChI is InChI=1S/C23H32N4O3S.HI/c1-4-24-23(25-13-20(28)17-6-5-7-19(12-17)30-16(2)3)26-14-22(29)27-10-8-21-18(15-27)9-11-31-21;/h5-7,9,11-12,16,20,28H,4,8,10,13-15H2,1-3H3,(H2,24,25,26);1H. The van der Waals surface area contributed by atoms with Gasteiger partial charge in [0.1, 0.15) is 12.3 Å². The molecule has 3 rings (SSSR count). The van der Waals surface area contributed by atoms with E-state index < -0.39 is 6.10 Å². The molecule has 2 aromatic rings. The van der Waals surface area contributed by atoms with Crippen LogP contribution in [-0.4, -0.2) is 54.2 Å². The number of fused-ring (bicyclic) bond motifs is 1. The van der Waals surface area contributed by atoms with E-state index in [1.165, 1.54) is 10.4 Å². The molecule has 0 saturated carbocycles. The number of rotatable bonds is 8. The van der Waals surface area contributed by atoms with Crippen molar-refractivity contribution in [1.29, 1.82) is 0 Å². The highest BCUT2D eigenvalue weighted by molar-refractivity contribution is 14.0. The molecule has 32 heavy (non-hydrogen) atoms. The number of hydrogen-bond donors (Lipinski definition) is 3. The highest BCUT2D eigenvalue weighted by Gasteiger charge is 2.21. The Kier molecular flexibility index (Phi) is 10.7. The van der Waals surface area contributed by atoms with Crippen LogP contribution in [0.2, 0.25) is 0 Å². The highest BCUT2D eigenvalue weighted by Crippen LogP contribution is 2.24. The summed E-state index contributed by atoms with van der Waals surface area (Å²) in [6.07, 6.45) is 0.253. The van der Waals surface area contributed by atoms with E-state index >= 15 is 0 Å². The maximum atomic E-state index is 12.6. The van der Waals surface area contributed by atoms with E-state index in [9.17, 15) is 9.90 Å². The average Bonchev–Trinajstić information content (AvgIpc) is 3.23. The number of benzene rings is 1. The van der Waals surface area contributed by atoms with E-state index in [4.69, 9.17) is 4.74 Å². The minimum Gasteiger partial charge on any atom is -0.491 e. The smallest absolute Gasteiger partial charge is 0.244 e. The first-order chi connectivity index (χ1) is 15.0. The van der Waals surface area contributed by atoms with Gasteiger partial charge in [0, 0.05) is 31.1 Å². The van der Waals surface area contributed by atoms with Crippen molar-refractivity contribution in [1.82, 2.24) is 15.5 Å². The minimum absolute atomic E-state index is 0. The third-order valence-electron chi connectivity index (χ3n) is 4.95. The molecule has 1 aliphatic rings. The lowest BCUT2D eigenvalue weighted by atomic mass is 10.1. The molecule has 1 atom stereocenters. The van der Waals surface area contributed by atoms with Crippen LogP contribution in [-0.2, 0) is 17.8 Å². The van der Waals surface area contributed by atoms with Gasteiger partial charge in [0.15, 0.2) is 5.96 Å². The second-order valence-electron chi connectivity index (χ2n) is 7.77. The van der Waals surface area contributed by atoms with Gasteiger partial charge in [0.2, 0.25) is 5.91 Å². The summed E-state index contributed by atoms with van der Waals surface area (Å²) in [4.78, 5) is 20.3. The van der Waals surface area contributed by atoms with Gasteiger partial charge in [-0.1, -0.05) is 12.1 Å². The summed E-state index contributed by atoms with van der Waals surface area (Å²) < 4.78 is 5.70. The van der Waals surface area contributed by atoms with Gasteiger partial charge >= 0.3 is 0 Å². The molecule has 2 heterocycles. The van der Waals surface area contributed by atoms with Crippen molar-refractivity contribution in [3.63, 3.8) is 0 Å². The first-order valence-electron chi connectivity index (χ1n) is 10.8. The molecular weight excluding hydrogens is 539 g/mol. The molecule has 0 saturated heterocycles. The molecule has 0 spiro atoms. The molecule has 0 radical (unpaired) electrons. The number of nitrogens with one attached hydrogen (secondary N) is 2. The van der Waals surface area contributed by atoms with Gasteiger partial charge < -0.3 is 25.4 Å². The Hall–Kier alpha value is -1.85. The zero-order chi connectivity index (χ0) is 22.2. The Morgan fingerprint density at radius 1 is 1.31 bits per heavy atom. The first-order valence-corrected chi connectivity index (χ1v) is 11.6. The van der Waals surface area contributed by atoms with Gasteiger partial charge in [-0.15, -0.1) is 35.3 Å². The number of hydrogen-bond acceptors (Lipinski definition) is 5. The van der Waals surface area contributed by atoms with Gasteiger partial charge in [0.25, 0.3) is 0 Å². The Morgan fingerprint density at radius 2 is 2.12 bits per heavy atom. The SMILES string of the molecule is CCNC(=NCC(=O)N1CCc2sccc2C1)NCC(O)c1cccc(OC(C)C)c1.I. The molecule has 1 aromatic heterocycles. The van der Waals surface area contributed by atoms with Crippen molar-refractivity contribution in [2.24, 2.45) is 4.99 Å². The molecule has 1 aliphatic heterocycles. The number of amides is 1. The van der Waals surface area contributed by atoms with Crippen LogP contribution in [0, 0.1) is 0 Å². The molecule has 1 amide bonds. The molecule has 1 aromatic carbocycles. The normalized spacial score (nSPS) is 14.4. The van der Waals surface area contributed by atoms with E-state index in [1.54, 1.807) is 11.3 Å². The monoisotopic (exact) mass is 572 g/mol. The minimum atomic E-state index is -0.727. The van der Waals surface area contributed by atoms with E-state index in [2.05, 4.69) is 27.1 Å². The third-order valence-corrected chi connectivity index (χ3v) is 5.98. The van der Waals surface area contributed by atoms with Crippen molar-refractivity contribution in [3.8, 4) is 5.75 Å². The fourth-order valence-electron chi connectivity index (χ4n) is 3.43. The molecule has 9 heteroatoms. The maximum Gasteiger partial charge on any atom is 0.244 e. The lowest BCUT2D eigenvalue weighted by Gasteiger charge is -2.26. The molecule has 7 nitrogen and oxygen atoms in total. The summed E-state index contributed by atoms with van der Waals surface area (Å²) in [7, 11) is 0. The number of nitrogens with zero attached hydrogens (tertiary/aromatic N) is 2. The summed E-state index contributed by atoms with van der Waals surface area (Å²) in [5.41, 5.74) is 2.00. The second kappa shape index (κ2) is 13.0. The Balaban J connectivity index is 0.00000363. The summed E-state index contributed by atoms with van der Waals surface area (Å²) >= 11 is 1.76. The quantitative estimate of drug-likeness (QED) is 0.257. The molecular formula is C23H33IN4O3S. The maximum absolute atomic E-state index is 12.6. The lowest BCUT2D eigenvalue weighted by molar-refractivity contribution is -0.130. The van der Waals surface area contributed by atoms with Gasteiger partial charge in [-0.05, 0) is 61.9 Å². The third kappa shape index (κ3) is 7.63. The predicted molar refractivity (Wildman–Crippen MR) is 140 cm³/mol. The summed E-state index contributed by atoms with van der Waals surface area (Å²) in [5.74, 6) is 1.25. The number of guanidine groups is 1. The van der Waals surface area contributed by atoms with Crippen molar-refractivity contribution >= 4 is 47.2 Å². The largest absolute Gasteiger partial charge is 0.491 e. The number of ether oxygens (including phenoxy) is 1. The number of carbonyl (C=O) groups excluding carboxylic acids is 1. The topological polar surface area (TPSA) is 86.2 Å². The fourth-order valence-corrected chi connectivity index (χ4v) is 4.32. The van der Waals surface area contributed by atoms with E-state index in [1.807, 2.05) is 49.9 Å². The Morgan fingerprint density at radius 3 is 2.88 bits per heavy atom. The van der Waals surface area contributed by atoms with Crippen molar-refractivity contribution < 1.29 is 14.6 Å². The van der Waals surface area contributed by atoms with Crippen LogP contribution in [0.3, 0.4) is 0 Å².